The van der Waals surface area contributed by atoms with Gasteiger partial charge in [-0.1, -0.05) is 19.0 Å². The maximum absolute atomic E-state index is 5.86. The van der Waals surface area contributed by atoms with E-state index in [0.717, 1.165) is 26.4 Å². The zero-order valence-corrected chi connectivity index (χ0v) is 12.5. The van der Waals surface area contributed by atoms with Gasteiger partial charge in [0, 0.05) is 5.56 Å². The van der Waals surface area contributed by atoms with Gasteiger partial charge in [0.2, 0.25) is 0 Å². The lowest BCUT2D eigenvalue weighted by atomic mass is 10.0. The van der Waals surface area contributed by atoms with E-state index in [1.54, 1.807) is 11.3 Å². The van der Waals surface area contributed by atoms with Crippen LogP contribution in [0.5, 0.6) is 0 Å². The average Bonchev–Trinajstić information content (AvgIpc) is 2.73. The fraction of sp³-hybridized carbons (Fsp3) is 0.417. The molecule has 0 aliphatic rings. The lowest BCUT2D eigenvalue weighted by Gasteiger charge is -2.03. The highest BCUT2D eigenvalue weighted by Gasteiger charge is 2.19. The Bertz CT molecular complexity index is 511. The third-order valence-electron chi connectivity index (χ3n) is 2.51. The standard InChI is InChI=1S/C12H15BrN2OS/c1-6(2)4-8-10(16-15-12(8)14)9-5-7(3)11(13)17-9/h5-6H,4H2,1-3H3,(H2,14,15). The molecule has 3 nitrogen and oxygen atoms in total. The molecule has 2 heterocycles. The molecule has 0 unspecified atom stereocenters. The van der Waals surface area contributed by atoms with Gasteiger partial charge in [-0.2, -0.15) is 0 Å². The number of hydrogen-bond donors (Lipinski definition) is 1. The van der Waals surface area contributed by atoms with Gasteiger partial charge in [0.05, 0.1) is 8.66 Å². The quantitative estimate of drug-likeness (QED) is 0.921. The molecular formula is C12H15BrN2OS. The van der Waals surface area contributed by atoms with E-state index in [2.05, 4.69) is 47.9 Å². The van der Waals surface area contributed by atoms with Gasteiger partial charge in [0.15, 0.2) is 11.6 Å². The molecule has 17 heavy (non-hydrogen) atoms. The summed E-state index contributed by atoms with van der Waals surface area (Å²) in [5.41, 5.74) is 8.09. The predicted molar refractivity (Wildman–Crippen MR) is 75.2 cm³/mol. The second kappa shape index (κ2) is 4.82. The van der Waals surface area contributed by atoms with Crippen molar-refractivity contribution in [1.82, 2.24) is 5.16 Å². The number of nitrogens with two attached hydrogens (primary N) is 1. The van der Waals surface area contributed by atoms with Crippen LogP contribution in [0.3, 0.4) is 0 Å². The monoisotopic (exact) mass is 314 g/mol. The number of thiophene rings is 1. The Morgan fingerprint density at radius 1 is 1.53 bits per heavy atom. The van der Waals surface area contributed by atoms with E-state index < -0.39 is 0 Å². The summed E-state index contributed by atoms with van der Waals surface area (Å²) in [7, 11) is 0. The van der Waals surface area contributed by atoms with Crippen molar-refractivity contribution in [3.63, 3.8) is 0 Å². The fourth-order valence-electron chi connectivity index (χ4n) is 1.69. The molecule has 0 fully saturated rings. The number of nitrogens with zero attached hydrogens (tertiary/aromatic N) is 1. The fourth-order valence-corrected chi connectivity index (χ4v) is 3.23. The highest BCUT2D eigenvalue weighted by molar-refractivity contribution is 9.11. The molecule has 0 spiro atoms. The van der Waals surface area contributed by atoms with Crippen molar-refractivity contribution in [2.24, 2.45) is 5.92 Å². The molecule has 2 aromatic rings. The normalized spacial score (nSPS) is 11.4. The Hall–Kier alpha value is -0.810. The van der Waals surface area contributed by atoms with Crippen LogP contribution in [0.4, 0.5) is 5.82 Å². The summed E-state index contributed by atoms with van der Waals surface area (Å²) >= 11 is 5.17. The number of aryl methyl sites for hydroxylation is 1. The molecule has 0 amide bonds. The van der Waals surface area contributed by atoms with Gasteiger partial charge in [0.1, 0.15) is 0 Å². The average molecular weight is 315 g/mol. The first-order valence-corrected chi connectivity index (χ1v) is 7.10. The summed E-state index contributed by atoms with van der Waals surface area (Å²) in [6.07, 6.45) is 0.888. The smallest absolute Gasteiger partial charge is 0.182 e. The molecule has 0 saturated heterocycles. The Balaban J connectivity index is 2.45. The molecule has 0 atom stereocenters. The van der Waals surface area contributed by atoms with Crippen molar-refractivity contribution in [1.29, 1.82) is 0 Å². The van der Waals surface area contributed by atoms with Gasteiger partial charge in [-0.15, -0.1) is 11.3 Å². The molecule has 92 valence electrons. The summed E-state index contributed by atoms with van der Waals surface area (Å²) in [6.45, 7) is 6.38. The van der Waals surface area contributed by atoms with Crippen LogP contribution in [0.25, 0.3) is 10.6 Å². The SMILES string of the molecule is Cc1cc(-c2onc(N)c2CC(C)C)sc1Br. The Morgan fingerprint density at radius 3 is 2.76 bits per heavy atom. The molecule has 5 heteroatoms. The molecule has 0 aromatic carbocycles. The molecule has 2 rings (SSSR count). The lowest BCUT2D eigenvalue weighted by molar-refractivity contribution is 0.435. The largest absolute Gasteiger partial charge is 0.381 e. The van der Waals surface area contributed by atoms with E-state index in [0.29, 0.717) is 11.7 Å². The second-order valence-corrected chi connectivity index (χ2v) is 6.91. The van der Waals surface area contributed by atoms with E-state index >= 15 is 0 Å². The van der Waals surface area contributed by atoms with Crippen LogP contribution in [0.2, 0.25) is 0 Å². The zero-order chi connectivity index (χ0) is 12.6. The van der Waals surface area contributed by atoms with Crippen molar-refractivity contribution >= 4 is 33.1 Å². The van der Waals surface area contributed by atoms with Crippen LogP contribution < -0.4 is 5.73 Å². The third-order valence-corrected chi connectivity index (χ3v) is 4.65. The minimum atomic E-state index is 0.510. The van der Waals surface area contributed by atoms with Gasteiger partial charge >= 0.3 is 0 Å². The third kappa shape index (κ3) is 2.55. The van der Waals surface area contributed by atoms with Crippen molar-refractivity contribution in [3.8, 4) is 10.6 Å². The zero-order valence-electron chi connectivity index (χ0n) is 10.1. The van der Waals surface area contributed by atoms with Crippen molar-refractivity contribution in [2.45, 2.75) is 27.2 Å². The summed E-state index contributed by atoms with van der Waals surface area (Å²) in [5, 5.41) is 3.88. The number of halogens is 1. The Morgan fingerprint density at radius 2 is 2.24 bits per heavy atom. The van der Waals surface area contributed by atoms with Crippen molar-refractivity contribution in [2.75, 3.05) is 5.73 Å². The van der Waals surface area contributed by atoms with Gasteiger partial charge < -0.3 is 10.3 Å². The topological polar surface area (TPSA) is 52.0 Å². The molecule has 2 N–H and O–H groups in total. The van der Waals surface area contributed by atoms with Gasteiger partial charge in [-0.05, 0) is 46.8 Å². The lowest BCUT2D eigenvalue weighted by Crippen LogP contribution is -1.98. The maximum atomic E-state index is 5.86. The van der Waals surface area contributed by atoms with Crippen LogP contribution in [0.1, 0.15) is 25.0 Å². The van der Waals surface area contributed by atoms with Crippen molar-refractivity contribution < 1.29 is 4.52 Å². The highest BCUT2D eigenvalue weighted by atomic mass is 79.9. The summed E-state index contributed by atoms with van der Waals surface area (Å²) in [6, 6.07) is 2.10. The molecular weight excluding hydrogens is 300 g/mol. The number of nitrogen functional groups attached to an aromatic ring is 1. The molecule has 0 radical (unpaired) electrons. The summed E-state index contributed by atoms with van der Waals surface area (Å²) in [4.78, 5) is 1.08. The molecule has 0 saturated carbocycles. The van der Waals surface area contributed by atoms with Crippen LogP contribution in [-0.4, -0.2) is 5.16 Å². The minimum absolute atomic E-state index is 0.510. The predicted octanol–water partition coefficient (Wildman–Crippen LogP) is 4.25. The van der Waals surface area contributed by atoms with Gasteiger partial charge in [-0.25, -0.2) is 0 Å². The maximum Gasteiger partial charge on any atom is 0.182 e. The summed E-state index contributed by atoms with van der Waals surface area (Å²) in [5.74, 6) is 1.85. The van der Waals surface area contributed by atoms with E-state index in [-0.39, 0.29) is 0 Å². The number of aromatic nitrogens is 1. The molecule has 2 aromatic heterocycles. The number of rotatable bonds is 3. The first-order valence-electron chi connectivity index (χ1n) is 5.49. The van der Waals surface area contributed by atoms with Crippen LogP contribution in [0.15, 0.2) is 14.4 Å². The minimum Gasteiger partial charge on any atom is -0.381 e. The first kappa shape index (κ1) is 12.6. The van der Waals surface area contributed by atoms with Crippen molar-refractivity contribution in [3.05, 3.63) is 21.0 Å². The number of hydrogen-bond acceptors (Lipinski definition) is 4. The number of anilines is 1. The van der Waals surface area contributed by atoms with Crippen LogP contribution >= 0.6 is 27.3 Å². The van der Waals surface area contributed by atoms with Gasteiger partial charge in [-0.3, -0.25) is 0 Å². The molecule has 0 aliphatic carbocycles. The van der Waals surface area contributed by atoms with Crippen LogP contribution in [-0.2, 0) is 6.42 Å². The van der Waals surface area contributed by atoms with Gasteiger partial charge in [0.25, 0.3) is 0 Å². The van der Waals surface area contributed by atoms with E-state index in [9.17, 15) is 0 Å². The Kier molecular flexibility index (Phi) is 3.58. The van der Waals surface area contributed by atoms with E-state index in [1.807, 2.05) is 0 Å². The molecule has 0 bridgehead atoms. The van der Waals surface area contributed by atoms with E-state index in [4.69, 9.17) is 10.3 Å². The Labute approximate surface area is 113 Å². The molecule has 0 aliphatic heterocycles. The van der Waals surface area contributed by atoms with E-state index in [1.165, 1.54) is 5.56 Å². The summed E-state index contributed by atoms with van der Waals surface area (Å²) < 4.78 is 6.49. The van der Waals surface area contributed by atoms with Crippen LogP contribution in [0, 0.1) is 12.8 Å². The first-order chi connectivity index (χ1) is 7.99. The highest BCUT2D eigenvalue weighted by Crippen LogP contribution is 2.38. The second-order valence-electron chi connectivity index (χ2n) is 4.54.